The van der Waals surface area contributed by atoms with Crippen LogP contribution in [0.5, 0.6) is 0 Å². The Bertz CT molecular complexity index is 696. The summed E-state index contributed by atoms with van der Waals surface area (Å²) in [6.07, 6.45) is 1.49. The zero-order valence-corrected chi connectivity index (χ0v) is 12.2. The minimum Gasteiger partial charge on any atom is -0.322 e. The van der Waals surface area contributed by atoms with Gasteiger partial charge in [0.1, 0.15) is 5.82 Å². The van der Waals surface area contributed by atoms with Crippen LogP contribution in [0.3, 0.4) is 0 Å². The Morgan fingerprint density at radius 1 is 1.00 bits per heavy atom. The average molecular weight is 283 g/mol. The maximum atomic E-state index is 12.2. The molecule has 0 aliphatic heterocycles. The number of aryl methyl sites for hydroxylation is 2. The van der Waals surface area contributed by atoms with Crippen LogP contribution in [0.1, 0.15) is 28.4 Å². The van der Waals surface area contributed by atoms with Gasteiger partial charge in [0.2, 0.25) is 5.91 Å². The van der Waals surface area contributed by atoms with Gasteiger partial charge in [0, 0.05) is 24.4 Å². The van der Waals surface area contributed by atoms with E-state index < -0.39 is 0 Å². The first kappa shape index (κ1) is 14.7. The number of nitrogens with one attached hydrogen (secondary N) is 2. The smallest absolute Gasteiger partial charge is 0.255 e. The Hall–Kier alpha value is -2.69. The van der Waals surface area contributed by atoms with Crippen LogP contribution in [0.15, 0.2) is 36.5 Å². The maximum Gasteiger partial charge on any atom is 0.255 e. The van der Waals surface area contributed by atoms with Crippen LogP contribution in [0, 0.1) is 13.8 Å². The minimum atomic E-state index is -0.243. The number of hydrogen-bond donors (Lipinski definition) is 2. The van der Waals surface area contributed by atoms with Crippen LogP contribution >= 0.6 is 0 Å². The normalized spacial score (nSPS) is 10.0. The molecule has 2 N–H and O–H groups in total. The van der Waals surface area contributed by atoms with Crippen LogP contribution in [-0.2, 0) is 4.79 Å². The summed E-state index contributed by atoms with van der Waals surface area (Å²) in [6.45, 7) is 5.40. The highest BCUT2D eigenvalue weighted by Gasteiger charge is 2.08. The second kappa shape index (κ2) is 6.17. The van der Waals surface area contributed by atoms with E-state index in [1.807, 2.05) is 32.0 Å². The molecule has 5 nitrogen and oxygen atoms in total. The molecule has 0 aliphatic rings. The largest absolute Gasteiger partial charge is 0.322 e. The minimum absolute atomic E-state index is 0.228. The fourth-order valence-corrected chi connectivity index (χ4v) is 1.84. The highest BCUT2D eigenvalue weighted by Crippen LogP contribution is 2.16. The van der Waals surface area contributed by atoms with Gasteiger partial charge in [-0.3, -0.25) is 9.59 Å². The molecule has 0 fully saturated rings. The van der Waals surface area contributed by atoms with E-state index in [2.05, 4.69) is 15.6 Å². The van der Waals surface area contributed by atoms with Crippen molar-refractivity contribution >= 4 is 23.3 Å². The van der Waals surface area contributed by atoms with Crippen molar-refractivity contribution in [2.45, 2.75) is 20.8 Å². The Kier molecular flexibility index (Phi) is 4.33. The van der Waals surface area contributed by atoms with Gasteiger partial charge in [-0.25, -0.2) is 4.98 Å². The molecular weight excluding hydrogens is 266 g/mol. The number of anilines is 2. The van der Waals surface area contributed by atoms with E-state index in [9.17, 15) is 9.59 Å². The second-order valence-corrected chi connectivity index (χ2v) is 4.86. The van der Waals surface area contributed by atoms with Gasteiger partial charge in [0.15, 0.2) is 0 Å². The first-order valence-corrected chi connectivity index (χ1v) is 6.58. The molecule has 2 aromatic rings. The summed E-state index contributed by atoms with van der Waals surface area (Å²) in [5, 5.41) is 5.38. The summed E-state index contributed by atoms with van der Waals surface area (Å²) >= 11 is 0. The molecule has 5 heteroatoms. The molecule has 21 heavy (non-hydrogen) atoms. The fourth-order valence-electron chi connectivity index (χ4n) is 1.84. The van der Waals surface area contributed by atoms with Crippen molar-refractivity contribution in [1.29, 1.82) is 0 Å². The molecule has 1 aromatic carbocycles. The van der Waals surface area contributed by atoms with Crippen molar-refractivity contribution in [1.82, 2.24) is 4.98 Å². The van der Waals surface area contributed by atoms with Gasteiger partial charge in [-0.1, -0.05) is 6.07 Å². The lowest BCUT2D eigenvalue weighted by Gasteiger charge is -2.08. The molecule has 2 amide bonds. The fraction of sp³-hybridized carbons (Fsp3) is 0.188. The molecule has 0 aliphatic carbocycles. The summed E-state index contributed by atoms with van der Waals surface area (Å²) in [6, 6.07) is 8.87. The lowest BCUT2D eigenvalue weighted by molar-refractivity contribution is -0.114. The third-order valence-electron chi connectivity index (χ3n) is 3.09. The first-order chi connectivity index (χ1) is 9.95. The lowest BCUT2D eigenvalue weighted by Crippen LogP contribution is -2.14. The van der Waals surface area contributed by atoms with Gasteiger partial charge in [-0.2, -0.15) is 0 Å². The molecule has 0 bridgehead atoms. The van der Waals surface area contributed by atoms with E-state index in [0.717, 1.165) is 11.3 Å². The number of rotatable bonds is 3. The molecule has 0 spiro atoms. The number of pyridine rings is 1. The molecule has 2 rings (SSSR count). The first-order valence-electron chi connectivity index (χ1n) is 6.58. The summed E-state index contributed by atoms with van der Waals surface area (Å²) < 4.78 is 0. The van der Waals surface area contributed by atoms with Gasteiger partial charge in [0.05, 0.1) is 0 Å². The monoisotopic (exact) mass is 283 g/mol. The quantitative estimate of drug-likeness (QED) is 0.909. The number of aromatic nitrogens is 1. The predicted octanol–water partition coefficient (Wildman–Crippen LogP) is 2.91. The standard InChI is InChI=1S/C16H17N3O2/c1-10-4-5-14(8-11(10)2)19-16(21)13-6-7-17-15(9-13)18-12(3)20/h4-9H,1-3H3,(H,19,21)(H,17,18,20). The van der Waals surface area contributed by atoms with Crippen LogP contribution in [-0.4, -0.2) is 16.8 Å². The maximum absolute atomic E-state index is 12.2. The molecule has 1 aromatic heterocycles. The van der Waals surface area contributed by atoms with Crippen molar-refractivity contribution in [2.75, 3.05) is 10.6 Å². The van der Waals surface area contributed by atoms with E-state index in [0.29, 0.717) is 11.4 Å². The number of benzene rings is 1. The van der Waals surface area contributed by atoms with Gasteiger partial charge < -0.3 is 10.6 Å². The van der Waals surface area contributed by atoms with E-state index in [1.54, 1.807) is 6.07 Å². The Labute approximate surface area is 123 Å². The second-order valence-electron chi connectivity index (χ2n) is 4.86. The molecule has 0 unspecified atom stereocenters. The van der Waals surface area contributed by atoms with Crippen molar-refractivity contribution in [3.05, 3.63) is 53.2 Å². The van der Waals surface area contributed by atoms with E-state index in [-0.39, 0.29) is 11.8 Å². The number of carbonyl (C=O) groups excluding carboxylic acids is 2. The van der Waals surface area contributed by atoms with Crippen LogP contribution in [0.2, 0.25) is 0 Å². The number of hydrogen-bond acceptors (Lipinski definition) is 3. The number of nitrogens with zero attached hydrogens (tertiary/aromatic N) is 1. The zero-order valence-electron chi connectivity index (χ0n) is 12.2. The zero-order chi connectivity index (χ0) is 15.4. The summed E-state index contributed by atoms with van der Waals surface area (Å²) in [5.41, 5.74) is 3.46. The Morgan fingerprint density at radius 3 is 2.43 bits per heavy atom. The van der Waals surface area contributed by atoms with Crippen LogP contribution < -0.4 is 10.6 Å². The van der Waals surface area contributed by atoms with Gasteiger partial charge >= 0.3 is 0 Å². The topological polar surface area (TPSA) is 71.1 Å². The van der Waals surface area contributed by atoms with Crippen LogP contribution in [0.4, 0.5) is 11.5 Å². The third kappa shape index (κ3) is 3.89. The molecule has 108 valence electrons. The van der Waals surface area contributed by atoms with E-state index >= 15 is 0 Å². The highest BCUT2D eigenvalue weighted by molar-refractivity contribution is 6.05. The number of amides is 2. The van der Waals surface area contributed by atoms with Crippen molar-refractivity contribution < 1.29 is 9.59 Å². The molecule has 0 atom stereocenters. The highest BCUT2D eigenvalue weighted by atomic mass is 16.2. The third-order valence-corrected chi connectivity index (χ3v) is 3.09. The molecule has 0 saturated carbocycles. The Morgan fingerprint density at radius 2 is 1.76 bits per heavy atom. The summed E-state index contributed by atoms with van der Waals surface area (Å²) in [7, 11) is 0. The van der Waals surface area contributed by atoms with E-state index in [4.69, 9.17) is 0 Å². The molecule has 0 radical (unpaired) electrons. The molecule has 1 heterocycles. The summed E-state index contributed by atoms with van der Waals surface area (Å²) in [5.74, 6) is -0.114. The van der Waals surface area contributed by atoms with Crippen molar-refractivity contribution in [3.63, 3.8) is 0 Å². The van der Waals surface area contributed by atoms with Crippen molar-refractivity contribution in [2.24, 2.45) is 0 Å². The van der Waals surface area contributed by atoms with Gasteiger partial charge in [0.25, 0.3) is 5.91 Å². The average Bonchev–Trinajstić information content (AvgIpc) is 2.42. The predicted molar refractivity (Wildman–Crippen MR) is 82.4 cm³/mol. The van der Waals surface area contributed by atoms with Gasteiger partial charge in [-0.05, 0) is 49.2 Å². The Balaban J connectivity index is 2.16. The van der Waals surface area contributed by atoms with Gasteiger partial charge in [-0.15, -0.1) is 0 Å². The van der Waals surface area contributed by atoms with Crippen molar-refractivity contribution in [3.8, 4) is 0 Å². The number of carbonyl (C=O) groups is 2. The molecule has 0 saturated heterocycles. The van der Waals surface area contributed by atoms with Crippen LogP contribution in [0.25, 0.3) is 0 Å². The lowest BCUT2D eigenvalue weighted by atomic mass is 10.1. The SMILES string of the molecule is CC(=O)Nc1cc(C(=O)Nc2ccc(C)c(C)c2)ccn1. The summed E-state index contributed by atoms with van der Waals surface area (Å²) in [4.78, 5) is 27.2. The molecular formula is C16H17N3O2. The van der Waals surface area contributed by atoms with E-state index in [1.165, 1.54) is 24.8 Å².